The topological polar surface area (TPSA) is 94.2 Å². The van der Waals surface area contributed by atoms with Crippen LogP contribution in [-0.2, 0) is 11.3 Å². The van der Waals surface area contributed by atoms with E-state index in [0.717, 1.165) is 5.56 Å². The third-order valence-electron chi connectivity index (χ3n) is 5.03. The highest BCUT2D eigenvalue weighted by Gasteiger charge is 2.18. The van der Waals surface area contributed by atoms with Gasteiger partial charge in [-0.2, -0.15) is 0 Å². The van der Waals surface area contributed by atoms with Gasteiger partial charge in [0, 0.05) is 6.20 Å². The molecule has 2 aromatic carbocycles. The average Bonchev–Trinajstić information content (AvgIpc) is 3.27. The first-order chi connectivity index (χ1) is 16.1. The number of thioether (sulfide) groups is 1. The predicted molar refractivity (Wildman–Crippen MR) is 129 cm³/mol. The molecule has 164 valence electrons. The Labute approximate surface area is 197 Å². The molecule has 5 rings (SSSR count). The Morgan fingerprint density at radius 3 is 2.61 bits per heavy atom. The zero-order valence-electron chi connectivity index (χ0n) is 17.2. The van der Waals surface area contributed by atoms with Crippen molar-refractivity contribution >= 4 is 51.6 Å². The number of carbonyl (C=O) groups excluding carboxylic acids is 1. The van der Waals surface area contributed by atoms with E-state index in [2.05, 4.69) is 20.5 Å². The van der Waals surface area contributed by atoms with Gasteiger partial charge in [-0.15, -0.1) is 10.2 Å². The van der Waals surface area contributed by atoms with E-state index in [4.69, 9.17) is 11.6 Å². The molecule has 3 aromatic heterocycles. The molecule has 0 atom stereocenters. The largest absolute Gasteiger partial charge is 0.323 e. The van der Waals surface area contributed by atoms with Crippen molar-refractivity contribution in [3.63, 3.8) is 0 Å². The molecule has 0 saturated carbocycles. The Balaban J connectivity index is 1.51. The summed E-state index contributed by atoms with van der Waals surface area (Å²) in [6, 6.07) is 20.4. The number of nitrogens with one attached hydrogen (secondary N) is 1. The summed E-state index contributed by atoms with van der Waals surface area (Å²) < 4.78 is 3.42. The number of hydrogen-bond donors (Lipinski definition) is 1. The summed E-state index contributed by atoms with van der Waals surface area (Å²) in [4.78, 5) is 29.7. The van der Waals surface area contributed by atoms with E-state index < -0.39 is 0 Å². The fraction of sp³-hybridized carbons (Fsp3) is 0.0870. The first-order valence-corrected chi connectivity index (χ1v) is 11.4. The number of pyridine rings is 1. The lowest BCUT2D eigenvalue weighted by Crippen LogP contribution is -2.24. The molecular formula is C23H17ClN6O2S. The summed E-state index contributed by atoms with van der Waals surface area (Å²) in [6.07, 6.45) is 1.55. The van der Waals surface area contributed by atoms with Gasteiger partial charge < -0.3 is 5.32 Å². The van der Waals surface area contributed by atoms with Crippen LogP contribution in [0.3, 0.4) is 0 Å². The quantitative estimate of drug-likeness (QED) is 0.295. The minimum Gasteiger partial charge on any atom is -0.323 e. The van der Waals surface area contributed by atoms with Gasteiger partial charge in [0.05, 0.1) is 28.9 Å². The minimum atomic E-state index is -0.256. The number of nitrogens with zero attached hydrogens (tertiary/aromatic N) is 5. The van der Waals surface area contributed by atoms with Crippen molar-refractivity contribution in [2.75, 3.05) is 11.1 Å². The second kappa shape index (κ2) is 9.05. The Hall–Kier alpha value is -3.69. The fourth-order valence-corrected chi connectivity index (χ4v) is 4.44. The lowest BCUT2D eigenvalue weighted by molar-refractivity contribution is -0.113. The highest BCUT2D eigenvalue weighted by Crippen LogP contribution is 2.23. The molecule has 0 saturated heterocycles. The van der Waals surface area contributed by atoms with E-state index >= 15 is 0 Å². The van der Waals surface area contributed by atoms with Crippen molar-refractivity contribution < 1.29 is 4.79 Å². The number of benzene rings is 2. The Morgan fingerprint density at radius 1 is 1.00 bits per heavy atom. The third kappa shape index (κ3) is 4.20. The summed E-state index contributed by atoms with van der Waals surface area (Å²) in [6.45, 7) is 0.358. The zero-order valence-corrected chi connectivity index (χ0v) is 18.8. The molecule has 5 aromatic rings. The van der Waals surface area contributed by atoms with Crippen molar-refractivity contribution in [2.45, 2.75) is 11.7 Å². The zero-order chi connectivity index (χ0) is 22.8. The van der Waals surface area contributed by atoms with Gasteiger partial charge in [0.25, 0.3) is 5.56 Å². The van der Waals surface area contributed by atoms with E-state index in [1.807, 2.05) is 52.9 Å². The van der Waals surface area contributed by atoms with Crippen molar-refractivity contribution in [1.29, 1.82) is 0 Å². The molecule has 0 bridgehead atoms. The second-order valence-corrected chi connectivity index (χ2v) is 8.49. The SMILES string of the molecule is O=C(CSc1nnc2n(Cc3ccccc3)c(=O)c3ccccc3n12)Nc1cccnc1Cl. The van der Waals surface area contributed by atoms with Crippen molar-refractivity contribution in [2.24, 2.45) is 0 Å². The molecule has 0 aliphatic rings. The number of anilines is 1. The number of hydrogen-bond acceptors (Lipinski definition) is 6. The molecule has 10 heteroatoms. The summed E-state index contributed by atoms with van der Waals surface area (Å²) in [7, 11) is 0. The van der Waals surface area contributed by atoms with Crippen LogP contribution in [0.4, 0.5) is 5.69 Å². The minimum absolute atomic E-state index is 0.0815. The van der Waals surface area contributed by atoms with Gasteiger partial charge in [0.2, 0.25) is 11.7 Å². The number of aromatic nitrogens is 5. The van der Waals surface area contributed by atoms with Gasteiger partial charge >= 0.3 is 0 Å². The molecule has 8 nitrogen and oxygen atoms in total. The highest BCUT2D eigenvalue weighted by atomic mass is 35.5. The molecule has 0 fully saturated rings. The molecule has 0 unspecified atom stereocenters. The van der Waals surface area contributed by atoms with Crippen LogP contribution in [-0.4, -0.2) is 35.8 Å². The molecule has 33 heavy (non-hydrogen) atoms. The van der Waals surface area contributed by atoms with Crippen LogP contribution in [0.15, 0.2) is 82.9 Å². The van der Waals surface area contributed by atoms with Crippen molar-refractivity contribution in [3.05, 3.63) is 94.0 Å². The van der Waals surface area contributed by atoms with E-state index in [0.29, 0.717) is 34.1 Å². The van der Waals surface area contributed by atoms with Gasteiger partial charge in [-0.3, -0.25) is 18.6 Å². The number of carbonyl (C=O) groups is 1. The number of rotatable bonds is 6. The Kier molecular flexibility index (Phi) is 5.80. The lowest BCUT2D eigenvalue weighted by atomic mass is 10.2. The summed E-state index contributed by atoms with van der Waals surface area (Å²) in [5.41, 5.74) is 1.96. The van der Waals surface area contributed by atoms with Gasteiger partial charge in [-0.05, 0) is 29.8 Å². The van der Waals surface area contributed by atoms with E-state index in [9.17, 15) is 9.59 Å². The van der Waals surface area contributed by atoms with Crippen LogP contribution in [0.5, 0.6) is 0 Å². The van der Waals surface area contributed by atoms with Crippen molar-refractivity contribution in [3.8, 4) is 0 Å². The molecule has 3 heterocycles. The maximum atomic E-state index is 13.2. The van der Waals surface area contributed by atoms with Crippen molar-refractivity contribution in [1.82, 2.24) is 24.1 Å². The standard InChI is InChI=1S/C23H17ClN6O2S/c24-20-17(10-6-12-25-20)26-19(31)14-33-23-28-27-22-29(13-15-7-2-1-3-8-15)21(32)16-9-4-5-11-18(16)30(22)23/h1-12H,13-14H2,(H,26,31). The number of halogens is 1. The molecule has 1 amide bonds. The van der Waals surface area contributed by atoms with Gasteiger partial charge in [0.15, 0.2) is 10.3 Å². The van der Waals surface area contributed by atoms with Gasteiger partial charge in [0.1, 0.15) is 0 Å². The molecule has 1 N–H and O–H groups in total. The summed E-state index contributed by atoms with van der Waals surface area (Å²) >= 11 is 7.24. The Bertz CT molecular complexity index is 1530. The predicted octanol–water partition coefficient (Wildman–Crippen LogP) is 3.87. The summed E-state index contributed by atoms with van der Waals surface area (Å²) in [5, 5.41) is 12.6. The second-order valence-electron chi connectivity index (χ2n) is 7.19. The van der Waals surface area contributed by atoms with Crippen LogP contribution in [0.25, 0.3) is 16.7 Å². The first-order valence-electron chi connectivity index (χ1n) is 10.1. The van der Waals surface area contributed by atoms with Crippen LogP contribution < -0.4 is 10.9 Å². The monoisotopic (exact) mass is 476 g/mol. The van der Waals surface area contributed by atoms with E-state index in [1.54, 1.807) is 29.0 Å². The highest BCUT2D eigenvalue weighted by molar-refractivity contribution is 7.99. The van der Waals surface area contributed by atoms with E-state index in [1.165, 1.54) is 11.8 Å². The normalized spacial score (nSPS) is 11.2. The van der Waals surface area contributed by atoms with Crippen LogP contribution in [0, 0.1) is 0 Å². The number of fused-ring (bicyclic) bond motifs is 3. The maximum absolute atomic E-state index is 13.2. The third-order valence-corrected chi connectivity index (χ3v) is 6.26. The summed E-state index contributed by atoms with van der Waals surface area (Å²) in [5.74, 6) is 0.243. The smallest absolute Gasteiger partial charge is 0.263 e. The molecule has 0 spiro atoms. The van der Waals surface area contributed by atoms with Crippen LogP contribution in [0.1, 0.15) is 5.56 Å². The van der Waals surface area contributed by atoms with E-state index in [-0.39, 0.29) is 22.4 Å². The first kappa shape index (κ1) is 21.2. The lowest BCUT2D eigenvalue weighted by Gasteiger charge is -2.11. The van der Waals surface area contributed by atoms with Gasteiger partial charge in [-0.1, -0.05) is 65.8 Å². The van der Waals surface area contributed by atoms with Gasteiger partial charge in [-0.25, -0.2) is 4.98 Å². The number of amides is 1. The molecule has 0 radical (unpaired) electrons. The maximum Gasteiger partial charge on any atom is 0.263 e. The average molecular weight is 477 g/mol. The fourth-order valence-electron chi connectivity index (χ4n) is 3.53. The van der Waals surface area contributed by atoms with Crippen LogP contribution >= 0.6 is 23.4 Å². The Morgan fingerprint density at radius 2 is 1.79 bits per heavy atom. The molecule has 0 aliphatic carbocycles. The number of para-hydroxylation sites is 1. The van der Waals surface area contributed by atoms with Crippen LogP contribution in [0.2, 0.25) is 5.15 Å². The molecule has 0 aliphatic heterocycles. The molecular weight excluding hydrogens is 460 g/mol.